The van der Waals surface area contributed by atoms with E-state index in [9.17, 15) is 14.4 Å². The number of fused-ring (bicyclic) bond motifs is 6. The summed E-state index contributed by atoms with van der Waals surface area (Å²) in [5.74, 6) is -1.66. The van der Waals surface area contributed by atoms with E-state index in [4.69, 9.17) is 0 Å². The quantitative estimate of drug-likeness (QED) is 0.613. The molecule has 0 unspecified atom stereocenters. The zero-order chi connectivity index (χ0) is 23.6. The zero-order valence-corrected chi connectivity index (χ0v) is 18.9. The molecule has 1 saturated heterocycles. The molecule has 1 spiro atoms. The van der Waals surface area contributed by atoms with Gasteiger partial charge in [0.25, 0.3) is 0 Å². The number of carbonyl (C=O) groups excluding carboxylic acids is 3. The van der Waals surface area contributed by atoms with E-state index in [-0.39, 0.29) is 23.2 Å². The Morgan fingerprint density at radius 2 is 1.85 bits per heavy atom. The van der Waals surface area contributed by atoms with Crippen LogP contribution < -0.4 is 10.2 Å². The van der Waals surface area contributed by atoms with Crippen LogP contribution >= 0.6 is 0 Å². The molecular formula is C28H23N3O3. The third kappa shape index (κ3) is 2.56. The third-order valence-electron chi connectivity index (χ3n) is 7.40. The standard InChI is InChI=1S/C28H23N3O3/c1-16-10-12-22-18(15-16)11-13-23-28(19-7-3-4-8-20(19)30-27(28)34)24(25(17(2)32)31(22)23)26(33)21-9-5-6-14-29-21/h3-15,23-25H,1-2H3,(H,30,34)/t23-,24-,25-,28-/m1/s1. The fourth-order valence-electron chi connectivity index (χ4n) is 6.12. The molecule has 6 rings (SSSR count). The lowest BCUT2D eigenvalue weighted by Gasteiger charge is -2.37. The van der Waals surface area contributed by atoms with Gasteiger partial charge in [-0.25, -0.2) is 0 Å². The number of carbonyl (C=O) groups is 3. The average Bonchev–Trinajstić information content (AvgIpc) is 3.32. The Balaban J connectivity index is 1.67. The normalized spacial score (nSPS) is 26.1. The van der Waals surface area contributed by atoms with Gasteiger partial charge >= 0.3 is 0 Å². The molecule has 168 valence electrons. The molecule has 6 heteroatoms. The van der Waals surface area contributed by atoms with E-state index in [0.717, 1.165) is 22.4 Å². The van der Waals surface area contributed by atoms with E-state index in [1.54, 1.807) is 24.4 Å². The van der Waals surface area contributed by atoms with Crippen LogP contribution in [-0.4, -0.2) is 34.5 Å². The minimum absolute atomic E-state index is 0.157. The van der Waals surface area contributed by atoms with Crippen molar-refractivity contribution in [1.82, 2.24) is 4.98 Å². The lowest BCUT2D eigenvalue weighted by atomic mass is 9.64. The predicted molar refractivity (Wildman–Crippen MR) is 130 cm³/mol. The number of benzene rings is 2. The molecule has 3 aliphatic heterocycles. The second-order valence-corrected chi connectivity index (χ2v) is 9.25. The number of hydrogen-bond donors (Lipinski definition) is 1. The van der Waals surface area contributed by atoms with Crippen LogP contribution in [0.2, 0.25) is 0 Å². The summed E-state index contributed by atoms with van der Waals surface area (Å²) < 4.78 is 0. The Bertz CT molecular complexity index is 1400. The van der Waals surface area contributed by atoms with Gasteiger partial charge in [-0.2, -0.15) is 0 Å². The molecule has 1 fully saturated rings. The maximum absolute atomic E-state index is 14.1. The molecule has 3 aromatic rings. The van der Waals surface area contributed by atoms with E-state index in [1.807, 2.05) is 60.4 Å². The molecule has 1 amide bonds. The van der Waals surface area contributed by atoms with Crippen LogP contribution in [0, 0.1) is 12.8 Å². The predicted octanol–water partition coefficient (Wildman–Crippen LogP) is 3.95. The van der Waals surface area contributed by atoms with Gasteiger partial charge in [-0.05, 0) is 55.3 Å². The smallest absolute Gasteiger partial charge is 0.238 e. The van der Waals surface area contributed by atoms with Crippen LogP contribution in [0.4, 0.5) is 11.4 Å². The van der Waals surface area contributed by atoms with Crippen molar-refractivity contribution < 1.29 is 14.4 Å². The van der Waals surface area contributed by atoms with E-state index in [1.165, 1.54) is 6.92 Å². The molecule has 2 aromatic carbocycles. The molecule has 0 radical (unpaired) electrons. The van der Waals surface area contributed by atoms with Gasteiger partial charge in [0.2, 0.25) is 5.91 Å². The lowest BCUT2D eigenvalue weighted by Crippen LogP contribution is -2.51. The maximum atomic E-state index is 14.1. The van der Waals surface area contributed by atoms with Crippen molar-refractivity contribution in [3.63, 3.8) is 0 Å². The molecular weight excluding hydrogens is 426 g/mol. The van der Waals surface area contributed by atoms with Crippen LogP contribution in [0.5, 0.6) is 0 Å². The lowest BCUT2D eigenvalue weighted by molar-refractivity contribution is -0.122. The highest BCUT2D eigenvalue weighted by Crippen LogP contribution is 2.57. The summed E-state index contributed by atoms with van der Waals surface area (Å²) in [6.07, 6.45) is 5.54. The Kier molecular flexibility index (Phi) is 4.36. The first-order valence-corrected chi connectivity index (χ1v) is 11.4. The van der Waals surface area contributed by atoms with Gasteiger partial charge in [0.15, 0.2) is 11.6 Å². The van der Waals surface area contributed by atoms with Crippen LogP contribution in [-0.2, 0) is 15.0 Å². The minimum Gasteiger partial charge on any atom is -0.352 e. The molecule has 1 aromatic heterocycles. The first kappa shape index (κ1) is 20.5. The number of rotatable bonds is 3. The number of nitrogens with one attached hydrogen (secondary N) is 1. The number of anilines is 2. The maximum Gasteiger partial charge on any atom is 0.238 e. The number of Topliss-reactive ketones (excluding diaryl/α,β-unsaturated/α-hetero) is 2. The fraction of sp³-hybridized carbons (Fsp3) is 0.214. The third-order valence-corrected chi connectivity index (χ3v) is 7.40. The van der Waals surface area contributed by atoms with Gasteiger partial charge in [-0.1, -0.05) is 48.0 Å². The van der Waals surface area contributed by atoms with Gasteiger partial charge in [-0.3, -0.25) is 19.4 Å². The van der Waals surface area contributed by atoms with E-state index in [2.05, 4.69) is 16.4 Å². The van der Waals surface area contributed by atoms with Crippen molar-refractivity contribution in [2.24, 2.45) is 5.92 Å². The van der Waals surface area contributed by atoms with E-state index < -0.39 is 23.4 Å². The van der Waals surface area contributed by atoms with Gasteiger partial charge in [0.1, 0.15) is 11.1 Å². The minimum atomic E-state index is -1.26. The molecule has 0 saturated carbocycles. The topological polar surface area (TPSA) is 79.4 Å². The molecule has 4 heterocycles. The van der Waals surface area contributed by atoms with Crippen LogP contribution in [0.1, 0.15) is 34.1 Å². The van der Waals surface area contributed by atoms with Crippen molar-refractivity contribution in [3.05, 3.63) is 95.3 Å². The number of nitrogens with zero attached hydrogens (tertiary/aromatic N) is 2. The van der Waals surface area contributed by atoms with Crippen LogP contribution in [0.3, 0.4) is 0 Å². The highest BCUT2D eigenvalue weighted by Gasteiger charge is 2.70. The van der Waals surface area contributed by atoms with Crippen molar-refractivity contribution in [2.45, 2.75) is 31.3 Å². The summed E-state index contributed by atoms with van der Waals surface area (Å²) in [5.41, 5.74) is 3.33. The van der Waals surface area contributed by atoms with Gasteiger partial charge in [0, 0.05) is 17.6 Å². The monoisotopic (exact) mass is 449 g/mol. The highest BCUT2D eigenvalue weighted by atomic mass is 16.2. The first-order chi connectivity index (χ1) is 16.4. The molecule has 0 aliphatic carbocycles. The molecule has 0 bridgehead atoms. The average molecular weight is 450 g/mol. The Morgan fingerprint density at radius 3 is 2.62 bits per heavy atom. The molecule has 6 nitrogen and oxygen atoms in total. The second kappa shape index (κ2) is 7.22. The van der Waals surface area contributed by atoms with Gasteiger partial charge < -0.3 is 10.2 Å². The Labute approximate surface area is 197 Å². The fourth-order valence-corrected chi connectivity index (χ4v) is 6.12. The van der Waals surface area contributed by atoms with Crippen LogP contribution in [0.15, 0.2) is 72.9 Å². The first-order valence-electron chi connectivity index (χ1n) is 11.4. The van der Waals surface area contributed by atoms with Crippen molar-refractivity contribution in [1.29, 1.82) is 0 Å². The summed E-state index contributed by atoms with van der Waals surface area (Å²) >= 11 is 0. The number of ketones is 2. The summed E-state index contributed by atoms with van der Waals surface area (Å²) in [6, 6.07) is 17.3. The number of amides is 1. The number of aryl methyl sites for hydroxylation is 1. The second-order valence-electron chi connectivity index (χ2n) is 9.25. The zero-order valence-electron chi connectivity index (χ0n) is 18.9. The number of para-hydroxylation sites is 1. The van der Waals surface area contributed by atoms with Gasteiger partial charge in [0.05, 0.1) is 18.0 Å². The highest BCUT2D eigenvalue weighted by molar-refractivity contribution is 6.16. The van der Waals surface area contributed by atoms with Crippen molar-refractivity contribution in [2.75, 3.05) is 10.2 Å². The largest absolute Gasteiger partial charge is 0.352 e. The Morgan fingerprint density at radius 1 is 1.06 bits per heavy atom. The molecule has 34 heavy (non-hydrogen) atoms. The van der Waals surface area contributed by atoms with Crippen molar-refractivity contribution in [3.8, 4) is 0 Å². The number of pyridine rings is 1. The van der Waals surface area contributed by atoms with E-state index in [0.29, 0.717) is 5.69 Å². The molecule has 1 N–H and O–H groups in total. The van der Waals surface area contributed by atoms with Crippen LogP contribution in [0.25, 0.3) is 6.08 Å². The molecule has 3 aliphatic rings. The Hall–Kier alpha value is -4.06. The van der Waals surface area contributed by atoms with Crippen molar-refractivity contribution >= 4 is 34.9 Å². The number of hydrogen-bond acceptors (Lipinski definition) is 5. The summed E-state index contributed by atoms with van der Waals surface area (Å²) in [5, 5.41) is 3.01. The SMILES string of the molecule is CC(=O)[C@@H]1[C@H](C(=O)c2ccccn2)[C@]2(C(=O)Nc3ccccc32)[C@H]2C=Cc3cc(C)ccc3N12. The summed E-state index contributed by atoms with van der Waals surface area (Å²) in [6.45, 7) is 3.52. The number of aromatic nitrogens is 1. The van der Waals surface area contributed by atoms with Gasteiger partial charge in [-0.15, -0.1) is 0 Å². The summed E-state index contributed by atoms with van der Waals surface area (Å²) in [4.78, 5) is 47.7. The summed E-state index contributed by atoms with van der Waals surface area (Å²) in [7, 11) is 0. The molecule has 4 atom stereocenters. The van der Waals surface area contributed by atoms with E-state index >= 15 is 0 Å².